The van der Waals surface area contributed by atoms with E-state index in [1.165, 1.54) is 6.26 Å². The largest absolute Gasteiger partial charge is 0.475 e. The number of nitrogens with one attached hydrogen (secondary N) is 1. The van der Waals surface area contributed by atoms with E-state index in [4.69, 9.17) is 9.15 Å². The highest BCUT2D eigenvalue weighted by Gasteiger charge is 2.32. The van der Waals surface area contributed by atoms with Crippen molar-refractivity contribution in [3.05, 3.63) is 47.7 Å². The van der Waals surface area contributed by atoms with Gasteiger partial charge in [-0.15, -0.1) is 0 Å². The lowest BCUT2D eigenvalue weighted by Gasteiger charge is -2.25. The van der Waals surface area contributed by atoms with Crippen LogP contribution in [0.1, 0.15) is 32.3 Å². The Bertz CT molecular complexity index is 1060. The number of nitrogens with zero attached hydrogens (tertiary/aromatic N) is 2. The molecule has 2 amide bonds. The van der Waals surface area contributed by atoms with E-state index in [1.807, 2.05) is 38.1 Å². The lowest BCUT2D eigenvalue weighted by atomic mass is 9.76. The molecule has 0 unspecified atom stereocenters. The lowest BCUT2D eigenvalue weighted by Crippen LogP contribution is -2.49. The Balaban J connectivity index is 1.58. The van der Waals surface area contributed by atoms with Crippen LogP contribution in [0.4, 0.5) is 4.79 Å². The Morgan fingerprint density at radius 1 is 1.39 bits per heavy atom. The molecule has 0 bridgehead atoms. The van der Waals surface area contributed by atoms with Crippen molar-refractivity contribution in [2.45, 2.75) is 45.1 Å². The number of carbonyl (C=O) groups excluding carboxylic acids is 2. The van der Waals surface area contributed by atoms with E-state index >= 15 is 0 Å². The van der Waals surface area contributed by atoms with Gasteiger partial charge >= 0.3 is 13.2 Å². The van der Waals surface area contributed by atoms with Gasteiger partial charge in [-0.2, -0.15) is 5.26 Å². The van der Waals surface area contributed by atoms with Crippen LogP contribution in [0.3, 0.4) is 0 Å². The van der Waals surface area contributed by atoms with E-state index in [2.05, 4.69) is 5.32 Å². The Labute approximate surface area is 192 Å². The van der Waals surface area contributed by atoms with Crippen LogP contribution in [0, 0.1) is 17.2 Å². The van der Waals surface area contributed by atoms with Crippen molar-refractivity contribution >= 4 is 30.1 Å². The molecule has 1 aliphatic heterocycles. The van der Waals surface area contributed by atoms with E-state index in [-0.39, 0.29) is 36.5 Å². The van der Waals surface area contributed by atoms with Crippen molar-refractivity contribution in [1.82, 2.24) is 10.2 Å². The molecule has 2 heterocycles. The van der Waals surface area contributed by atoms with Crippen LogP contribution in [0.25, 0.3) is 11.0 Å². The SMILES string of the molecule is CC(C)/C=C(/C#N)C(=O)N1CCC[C@@H]1COC(=O)N[C@@H](Cc1coc2ccccc12)B(O)O. The molecule has 33 heavy (non-hydrogen) atoms. The monoisotopic (exact) mass is 453 g/mol. The van der Waals surface area contributed by atoms with Crippen LogP contribution in [0.15, 0.2) is 46.6 Å². The second-order valence-corrected chi connectivity index (χ2v) is 8.45. The van der Waals surface area contributed by atoms with Gasteiger partial charge in [0.2, 0.25) is 0 Å². The average molecular weight is 453 g/mol. The molecule has 3 N–H and O–H groups in total. The van der Waals surface area contributed by atoms with Gasteiger partial charge in [0.1, 0.15) is 23.8 Å². The van der Waals surface area contributed by atoms with Gasteiger partial charge in [0.15, 0.2) is 0 Å². The van der Waals surface area contributed by atoms with Crippen LogP contribution < -0.4 is 5.32 Å². The topological polar surface area (TPSA) is 136 Å². The molecule has 0 aliphatic carbocycles. The van der Waals surface area contributed by atoms with E-state index in [0.717, 1.165) is 17.4 Å². The molecular formula is C23H28BN3O6. The molecule has 1 aliphatic rings. The minimum absolute atomic E-state index is 0.0547. The zero-order valence-corrected chi connectivity index (χ0v) is 18.7. The highest BCUT2D eigenvalue weighted by Crippen LogP contribution is 2.23. The highest BCUT2D eigenvalue weighted by atomic mass is 16.5. The maximum Gasteiger partial charge on any atom is 0.475 e. The summed E-state index contributed by atoms with van der Waals surface area (Å²) in [5.74, 6) is -1.33. The summed E-state index contributed by atoms with van der Waals surface area (Å²) in [6.07, 6.45) is 3.84. The van der Waals surface area contributed by atoms with E-state index in [9.17, 15) is 24.9 Å². The first kappa shape index (κ1) is 24.4. The van der Waals surface area contributed by atoms with Crippen molar-refractivity contribution in [2.75, 3.05) is 13.2 Å². The normalized spacial score (nSPS) is 17.2. The van der Waals surface area contributed by atoms with Gasteiger partial charge in [-0.05, 0) is 36.8 Å². The summed E-state index contributed by atoms with van der Waals surface area (Å²) in [5, 5.41) is 32.1. The molecule has 10 heteroatoms. The van der Waals surface area contributed by atoms with Crippen molar-refractivity contribution in [3.63, 3.8) is 0 Å². The summed E-state index contributed by atoms with van der Waals surface area (Å²) in [7, 11) is -1.81. The second-order valence-electron chi connectivity index (χ2n) is 8.45. The van der Waals surface area contributed by atoms with E-state index < -0.39 is 19.2 Å². The van der Waals surface area contributed by atoms with Crippen molar-refractivity contribution < 1.29 is 28.8 Å². The minimum atomic E-state index is -1.81. The van der Waals surface area contributed by atoms with Crippen LogP contribution in [0.2, 0.25) is 0 Å². The zero-order valence-electron chi connectivity index (χ0n) is 18.7. The third kappa shape index (κ3) is 6.15. The molecule has 1 aromatic carbocycles. The highest BCUT2D eigenvalue weighted by molar-refractivity contribution is 6.43. The fraction of sp³-hybridized carbons (Fsp3) is 0.435. The van der Waals surface area contributed by atoms with Gasteiger partial charge in [-0.25, -0.2) is 4.79 Å². The van der Waals surface area contributed by atoms with Gasteiger partial charge in [0.25, 0.3) is 5.91 Å². The third-order valence-electron chi connectivity index (χ3n) is 5.56. The molecule has 1 aromatic heterocycles. The molecule has 0 radical (unpaired) electrons. The molecule has 174 valence electrons. The van der Waals surface area contributed by atoms with E-state index in [0.29, 0.717) is 18.5 Å². The van der Waals surface area contributed by atoms with Gasteiger partial charge in [0, 0.05) is 11.9 Å². The van der Waals surface area contributed by atoms with Crippen LogP contribution in [-0.4, -0.2) is 59.2 Å². The number of amides is 2. The van der Waals surface area contributed by atoms with Crippen LogP contribution in [0.5, 0.6) is 0 Å². The first-order chi connectivity index (χ1) is 15.8. The second kappa shape index (κ2) is 11.0. The number of benzene rings is 1. The molecule has 2 aromatic rings. The minimum Gasteiger partial charge on any atom is -0.464 e. The molecule has 9 nitrogen and oxygen atoms in total. The smallest absolute Gasteiger partial charge is 0.464 e. The maximum absolute atomic E-state index is 12.7. The third-order valence-corrected chi connectivity index (χ3v) is 5.56. The Kier molecular flexibility index (Phi) is 8.14. The van der Waals surface area contributed by atoms with Gasteiger partial charge in [0.05, 0.1) is 18.2 Å². The predicted molar refractivity (Wildman–Crippen MR) is 122 cm³/mol. The summed E-state index contributed by atoms with van der Waals surface area (Å²) in [6.45, 7) is 4.20. The number of nitriles is 1. The molecular weight excluding hydrogens is 425 g/mol. The quantitative estimate of drug-likeness (QED) is 0.317. The molecule has 3 rings (SSSR count). The number of hydrogen-bond acceptors (Lipinski definition) is 7. The molecule has 2 atom stereocenters. The summed E-state index contributed by atoms with van der Waals surface area (Å²) in [4.78, 5) is 26.7. The fourth-order valence-electron chi connectivity index (χ4n) is 3.94. The number of para-hydroxylation sites is 1. The summed E-state index contributed by atoms with van der Waals surface area (Å²) in [5.41, 5.74) is 1.46. The van der Waals surface area contributed by atoms with Gasteiger partial charge < -0.3 is 29.4 Å². The number of likely N-dealkylation sites (tertiary alicyclic amines) is 1. The fourth-order valence-corrected chi connectivity index (χ4v) is 3.94. The van der Waals surface area contributed by atoms with Crippen LogP contribution >= 0.6 is 0 Å². The summed E-state index contributed by atoms with van der Waals surface area (Å²) >= 11 is 0. The summed E-state index contributed by atoms with van der Waals surface area (Å²) in [6, 6.07) is 8.93. The summed E-state index contributed by atoms with van der Waals surface area (Å²) < 4.78 is 10.8. The zero-order chi connectivity index (χ0) is 24.0. The maximum atomic E-state index is 12.7. The standard InChI is InChI=1S/C23H28BN3O6/c1-15(2)10-16(12-25)22(28)27-9-5-6-18(27)14-33-23(29)26-21(24(30)31)11-17-13-32-20-8-4-3-7-19(17)20/h3-4,7-8,10,13,15,18,21,30-31H,5-6,9,11,14H2,1-2H3,(H,26,29)/b16-10-/t18-,21+/m1/s1. The number of furan rings is 1. The number of carbonyl (C=O) groups is 2. The van der Waals surface area contributed by atoms with Crippen molar-refractivity contribution in [3.8, 4) is 6.07 Å². The predicted octanol–water partition coefficient (Wildman–Crippen LogP) is 2.18. The van der Waals surface area contributed by atoms with Gasteiger partial charge in [-0.1, -0.05) is 38.1 Å². The Hall–Kier alpha value is -3.29. The number of rotatable bonds is 8. The molecule has 0 spiro atoms. The average Bonchev–Trinajstić information content (AvgIpc) is 3.42. The Morgan fingerprint density at radius 2 is 2.15 bits per heavy atom. The molecule has 1 fully saturated rings. The molecule has 1 saturated heterocycles. The first-order valence-electron chi connectivity index (χ1n) is 11.0. The number of hydrogen-bond donors (Lipinski definition) is 3. The number of fused-ring (bicyclic) bond motifs is 1. The van der Waals surface area contributed by atoms with Crippen LogP contribution in [-0.2, 0) is 16.0 Å². The van der Waals surface area contributed by atoms with Crippen molar-refractivity contribution in [2.24, 2.45) is 5.92 Å². The van der Waals surface area contributed by atoms with Crippen molar-refractivity contribution in [1.29, 1.82) is 5.26 Å². The van der Waals surface area contributed by atoms with E-state index in [1.54, 1.807) is 17.0 Å². The Morgan fingerprint density at radius 3 is 2.85 bits per heavy atom. The van der Waals surface area contributed by atoms with Gasteiger partial charge in [-0.3, -0.25) is 4.79 Å². The molecule has 0 saturated carbocycles. The lowest BCUT2D eigenvalue weighted by molar-refractivity contribution is -0.128. The first-order valence-corrected chi connectivity index (χ1v) is 11.0. The number of ether oxygens (including phenoxy) is 1. The number of alkyl carbamates (subject to hydrolysis) is 1. The number of allylic oxidation sites excluding steroid dienone is 1.